The van der Waals surface area contributed by atoms with Gasteiger partial charge in [-0.1, -0.05) is 0 Å². The fraction of sp³-hybridized carbons (Fsp3) is 0.800. The third-order valence-corrected chi connectivity index (χ3v) is 2.40. The lowest BCUT2D eigenvalue weighted by molar-refractivity contribution is 0.156. The van der Waals surface area contributed by atoms with E-state index in [9.17, 15) is 9.59 Å². The van der Waals surface area contributed by atoms with Crippen LogP contribution in [-0.4, -0.2) is 82.9 Å². The van der Waals surface area contributed by atoms with Gasteiger partial charge in [-0.15, -0.1) is 0 Å². The zero-order valence-electron chi connectivity index (χ0n) is 10.6. The maximum Gasteiger partial charge on any atom is 0.404 e. The molecule has 0 heterocycles. The second-order valence-electron chi connectivity index (χ2n) is 3.91. The number of rotatable bonds is 10. The number of nitrogens with zero attached hydrogens (tertiary/aromatic N) is 1. The summed E-state index contributed by atoms with van der Waals surface area (Å²) in [5.41, 5.74) is 0. The van der Waals surface area contributed by atoms with Gasteiger partial charge < -0.3 is 31.1 Å². The van der Waals surface area contributed by atoms with Crippen molar-refractivity contribution in [3.8, 4) is 0 Å². The van der Waals surface area contributed by atoms with Crippen molar-refractivity contribution >= 4 is 12.2 Å². The Kier molecular flexibility index (Phi) is 9.49. The van der Waals surface area contributed by atoms with Gasteiger partial charge in [-0.05, 0) is 6.42 Å². The van der Waals surface area contributed by atoms with E-state index in [0.29, 0.717) is 13.1 Å². The highest BCUT2D eigenvalue weighted by Crippen LogP contribution is 1.97. The number of hydrogen-bond acceptors (Lipinski definition) is 5. The first kappa shape index (κ1) is 17.4. The number of amides is 2. The van der Waals surface area contributed by atoms with E-state index in [0.717, 1.165) is 0 Å². The number of aliphatic hydroxyl groups excluding tert-OH is 2. The van der Waals surface area contributed by atoms with E-state index in [-0.39, 0.29) is 32.7 Å². The van der Waals surface area contributed by atoms with Gasteiger partial charge in [0.05, 0.1) is 6.61 Å². The minimum absolute atomic E-state index is 0.119. The Balaban J connectivity index is 4.24. The fourth-order valence-electron chi connectivity index (χ4n) is 1.61. The van der Waals surface area contributed by atoms with Crippen molar-refractivity contribution in [2.75, 3.05) is 39.4 Å². The van der Waals surface area contributed by atoms with Crippen LogP contribution < -0.4 is 10.6 Å². The van der Waals surface area contributed by atoms with Crippen molar-refractivity contribution in [1.82, 2.24) is 15.5 Å². The Hall–Kier alpha value is -1.58. The van der Waals surface area contributed by atoms with E-state index in [4.69, 9.17) is 20.4 Å². The first-order valence-electron chi connectivity index (χ1n) is 5.90. The molecule has 0 aromatic heterocycles. The lowest BCUT2D eigenvalue weighted by atomic mass is 10.2. The number of carbonyl (C=O) groups is 2. The van der Waals surface area contributed by atoms with Crippen LogP contribution in [0.3, 0.4) is 0 Å². The van der Waals surface area contributed by atoms with E-state index in [1.807, 2.05) is 0 Å². The average molecular weight is 279 g/mol. The van der Waals surface area contributed by atoms with Crippen molar-refractivity contribution in [1.29, 1.82) is 0 Å². The van der Waals surface area contributed by atoms with Gasteiger partial charge in [0.1, 0.15) is 0 Å². The zero-order chi connectivity index (χ0) is 14.7. The molecule has 1 atom stereocenters. The summed E-state index contributed by atoms with van der Waals surface area (Å²) in [6.45, 7) is 0.820. The monoisotopic (exact) mass is 279 g/mol. The van der Waals surface area contributed by atoms with Crippen LogP contribution >= 0.6 is 0 Å². The Morgan fingerprint density at radius 1 is 1.05 bits per heavy atom. The molecule has 6 N–H and O–H groups in total. The molecule has 0 spiro atoms. The van der Waals surface area contributed by atoms with E-state index < -0.39 is 18.2 Å². The predicted octanol–water partition coefficient (Wildman–Crippen LogP) is -1.43. The number of nitrogens with one attached hydrogen (secondary N) is 2. The molecule has 9 nitrogen and oxygen atoms in total. The number of carboxylic acid groups (broad SMARTS) is 2. The van der Waals surface area contributed by atoms with Crippen molar-refractivity contribution in [2.45, 2.75) is 12.5 Å². The zero-order valence-corrected chi connectivity index (χ0v) is 10.6. The molecule has 2 amide bonds. The minimum atomic E-state index is -1.19. The second kappa shape index (κ2) is 10.4. The highest BCUT2D eigenvalue weighted by Gasteiger charge is 2.15. The lowest BCUT2D eigenvalue weighted by Gasteiger charge is -2.26. The fourth-order valence-corrected chi connectivity index (χ4v) is 1.61. The van der Waals surface area contributed by atoms with Gasteiger partial charge in [-0.3, -0.25) is 4.90 Å². The average Bonchev–Trinajstić information content (AvgIpc) is 2.28. The van der Waals surface area contributed by atoms with Gasteiger partial charge in [-0.2, -0.15) is 0 Å². The van der Waals surface area contributed by atoms with Gasteiger partial charge in [0.2, 0.25) is 0 Å². The van der Waals surface area contributed by atoms with Crippen LogP contribution in [0, 0.1) is 0 Å². The van der Waals surface area contributed by atoms with E-state index >= 15 is 0 Å². The highest BCUT2D eigenvalue weighted by atomic mass is 16.4. The molecule has 0 aromatic carbocycles. The van der Waals surface area contributed by atoms with Crippen LogP contribution in [-0.2, 0) is 0 Å². The molecule has 0 bridgehead atoms. The maximum absolute atomic E-state index is 10.6. The summed E-state index contributed by atoms with van der Waals surface area (Å²) < 4.78 is 0. The quantitative estimate of drug-likeness (QED) is 0.288. The van der Waals surface area contributed by atoms with Crippen LogP contribution in [0.5, 0.6) is 0 Å². The van der Waals surface area contributed by atoms with Gasteiger partial charge in [0, 0.05) is 38.8 Å². The topological polar surface area (TPSA) is 142 Å². The smallest absolute Gasteiger partial charge is 0.404 e. The first-order chi connectivity index (χ1) is 8.99. The standard InChI is InChI=1S/C10H21N3O6/c14-5-1-8(12-10(18)19)7-13(4-6-15)3-2-11-9(16)17/h8,11-12,14-15H,1-7H2,(H,16,17)(H,18,19). The molecule has 0 saturated carbocycles. The molecule has 0 rings (SSSR count). The molecule has 19 heavy (non-hydrogen) atoms. The van der Waals surface area contributed by atoms with Gasteiger partial charge in [0.25, 0.3) is 0 Å². The highest BCUT2D eigenvalue weighted by molar-refractivity contribution is 5.65. The molecule has 0 aliphatic rings. The molecule has 0 fully saturated rings. The molecule has 0 aliphatic heterocycles. The van der Waals surface area contributed by atoms with Crippen molar-refractivity contribution in [2.24, 2.45) is 0 Å². The largest absolute Gasteiger partial charge is 0.465 e. The Morgan fingerprint density at radius 3 is 2.21 bits per heavy atom. The van der Waals surface area contributed by atoms with Crippen LogP contribution in [0.1, 0.15) is 6.42 Å². The Labute approximate surface area is 110 Å². The van der Waals surface area contributed by atoms with Crippen molar-refractivity contribution in [3.05, 3.63) is 0 Å². The summed E-state index contributed by atoms with van der Waals surface area (Å²) in [4.78, 5) is 22.6. The third-order valence-electron chi connectivity index (χ3n) is 2.40. The summed E-state index contributed by atoms with van der Waals surface area (Å²) in [5, 5.41) is 39.3. The molecular weight excluding hydrogens is 258 g/mol. The van der Waals surface area contributed by atoms with Crippen LogP contribution in [0.2, 0.25) is 0 Å². The Morgan fingerprint density at radius 2 is 1.74 bits per heavy atom. The van der Waals surface area contributed by atoms with Gasteiger partial charge in [0.15, 0.2) is 0 Å². The number of aliphatic hydroxyl groups is 2. The molecule has 1 unspecified atom stereocenters. The minimum Gasteiger partial charge on any atom is -0.465 e. The summed E-state index contributed by atoms with van der Waals surface area (Å²) in [6, 6.07) is -0.473. The molecule has 0 aliphatic carbocycles. The third kappa shape index (κ3) is 10.1. The molecule has 0 aromatic rings. The summed E-state index contributed by atoms with van der Waals surface area (Å²) in [6.07, 6.45) is -2.08. The predicted molar refractivity (Wildman–Crippen MR) is 66.2 cm³/mol. The number of hydrogen-bond donors (Lipinski definition) is 6. The van der Waals surface area contributed by atoms with Crippen LogP contribution in [0.15, 0.2) is 0 Å². The summed E-state index contributed by atoms with van der Waals surface area (Å²) >= 11 is 0. The molecular formula is C10H21N3O6. The Bertz CT molecular complexity index is 276. The van der Waals surface area contributed by atoms with Crippen molar-refractivity contribution in [3.63, 3.8) is 0 Å². The molecule has 9 heteroatoms. The summed E-state index contributed by atoms with van der Waals surface area (Å²) in [5.74, 6) is 0. The lowest BCUT2D eigenvalue weighted by Crippen LogP contribution is -2.46. The second-order valence-corrected chi connectivity index (χ2v) is 3.91. The van der Waals surface area contributed by atoms with E-state index in [1.165, 1.54) is 0 Å². The van der Waals surface area contributed by atoms with E-state index in [2.05, 4.69) is 10.6 Å². The normalized spacial score (nSPS) is 12.2. The van der Waals surface area contributed by atoms with Crippen molar-refractivity contribution < 1.29 is 30.0 Å². The van der Waals surface area contributed by atoms with Crippen LogP contribution in [0.25, 0.3) is 0 Å². The summed E-state index contributed by atoms with van der Waals surface area (Å²) in [7, 11) is 0. The molecule has 0 radical (unpaired) electrons. The van der Waals surface area contributed by atoms with E-state index in [1.54, 1.807) is 4.90 Å². The molecule has 0 saturated heterocycles. The van der Waals surface area contributed by atoms with Crippen LogP contribution in [0.4, 0.5) is 9.59 Å². The SMILES string of the molecule is O=C(O)NCCN(CCO)CC(CCO)NC(=O)O. The maximum atomic E-state index is 10.6. The first-order valence-corrected chi connectivity index (χ1v) is 5.90. The molecule has 112 valence electrons. The van der Waals surface area contributed by atoms with Gasteiger partial charge in [-0.25, -0.2) is 9.59 Å². The van der Waals surface area contributed by atoms with Gasteiger partial charge >= 0.3 is 12.2 Å².